The third-order valence-electron chi connectivity index (χ3n) is 5.26. The first-order valence-electron chi connectivity index (χ1n) is 9.53. The molecule has 0 fully saturated rings. The van der Waals surface area contributed by atoms with Crippen molar-refractivity contribution < 1.29 is 14.0 Å². The lowest BCUT2D eigenvalue weighted by molar-refractivity contribution is 0.0766. The predicted octanol–water partition coefficient (Wildman–Crippen LogP) is 2.98. The van der Waals surface area contributed by atoms with E-state index >= 15 is 0 Å². The number of fused-ring (bicyclic) bond motifs is 1. The molecule has 1 aliphatic rings. The Morgan fingerprint density at radius 3 is 2.61 bits per heavy atom. The third kappa shape index (κ3) is 3.82. The molecule has 2 aromatic carbocycles. The van der Waals surface area contributed by atoms with E-state index in [4.69, 9.17) is 17.3 Å². The second kappa shape index (κ2) is 7.96. The summed E-state index contributed by atoms with van der Waals surface area (Å²) in [5, 5.41) is 0.856. The quantitative estimate of drug-likeness (QED) is 0.676. The van der Waals surface area contributed by atoms with Crippen molar-refractivity contribution in [1.82, 2.24) is 14.5 Å². The van der Waals surface area contributed by atoms with Gasteiger partial charge in [-0.15, -0.1) is 0 Å². The van der Waals surface area contributed by atoms with Gasteiger partial charge in [0, 0.05) is 35.8 Å². The molecular formula is C22H18ClFN4O3. The van der Waals surface area contributed by atoms with Crippen molar-refractivity contribution >= 4 is 40.0 Å². The average molecular weight is 441 g/mol. The summed E-state index contributed by atoms with van der Waals surface area (Å²) >= 11 is 6.03. The molecule has 7 nitrogen and oxygen atoms in total. The molecule has 0 saturated heterocycles. The van der Waals surface area contributed by atoms with E-state index in [0.29, 0.717) is 34.7 Å². The molecule has 0 aliphatic carbocycles. The minimum Gasteiger partial charge on any atom is -0.366 e. The lowest BCUT2D eigenvalue weighted by Gasteiger charge is -2.28. The maximum absolute atomic E-state index is 14.3. The van der Waals surface area contributed by atoms with Crippen LogP contribution >= 0.6 is 11.6 Å². The zero-order chi connectivity index (χ0) is 22.3. The molecule has 4 rings (SSSR count). The number of rotatable bonds is 3. The topological polar surface area (TPSA) is 98.3 Å². The van der Waals surface area contributed by atoms with Crippen LogP contribution in [0.15, 0.2) is 47.3 Å². The fourth-order valence-corrected chi connectivity index (χ4v) is 3.90. The molecule has 2 amide bonds. The van der Waals surface area contributed by atoms with Gasteiger partial charge in [-0.05, 0) is 49.4 Å². The van der Waals surface area contributed by atoms with Crippen LogP contribution in [0.3, 0.4) is 0 Å². The smallest absolute Gasteiger partial charge is 0.280 e. The molecule has 1 aromatic heterocycles. The van der Waals surface area contributed by atoms with Crippen molar-refractivity contribution in [3.63, 3.8) is 0 Å². The van der Waals surface area contributed by atoms with Crippen LogP contribution in [-0.2, 0) is 0 Å². The van der Waals surface area contributed by atoms with Crippen molar-refractivity contribution in [2.75, 3.05) is 13.1 Å². The zero-order valence-corrected chi connectivity index (χ0v) is 17.3. The van der Waals surface area contributed by atoms with Crippen LogP contribution in [0.5, 0.6) is 0 Å². The van der Waals surface area contributed by atoms with Gasteiger partial charge in [0.15, 0.2) is 0 Å². The van der Waals surface area contributed by atoms with Gasteiger partial charge >= 0.3 is 0 Å². The summed E-state index contributed by atoms with van der Waals surface area (Å²) in [6.45, 7) is 2.34. The molecule has 2 heterocycles. The molecule has 0 atom stereocenters. The van der Waals surface area contributed by atoms with Gasteiger partial charge in [-0.25, -0.2) is 4.39 Å². The molecule has 31 heavy (non-hydrogen) atoms. The Bertz CT molecular complexity index is 1330. The Labute approximate surface area is 181 Å². The number of hydrogen-bond donors (Lipinski definition) is 1. The summed E-state index contributed by atoms with van der Waals surface area (Å²) in [5.74, 6) is -1.50. The maximum atomic E-state index is 14.3. The second-order valence-electron chi connectivity index (χ2n) is 7.22. The fraction of sp³-hybridized carbons (Fsp3) is 0.182. The zero-order valence-electron chi connectivity index (χ0n) is 16.6. The Kier molecular flexibility index (Phi) is 5.32. The first-order chi connectivity index (χ1) is 14.8. The van der Waals surface area contributed by atoms with Crippen LogP contribution < -0.4 is 11.3 Å². The largest absolute Gasteiger partial charge is 0.366 e. The number of aromatic nitrogens is 2. The lowest BCUT2D eigenvalue weighted by Crippen LogP contribution is -2.36. The first-order valence-corrected chi connectivity index (χ1v) is 9.91. The average Bonchev–Trinajstić information content (AvgIpc) is 2.74. The van der Waals surface area contributed by atoms with Crippen LogP contribution in [-0.4, -0.2) is 39.4 Å². The van der Waals surface area contributed by atoms with E-state index < -0.39 is 17.6 Å². The predicted molar refractivity (Wildman–Crippen MR) is 115 cm³/mol. The molecule has 158 valence electrons. The van der Waals surface area contributed by atoms with Gasteiger partial charge in [0.1, 0.15) is 11.6 Å². The molecular weight excluding hydrogens is 423 g/mol. The first kappa shape index (κ1) is 20.7. The highest BCUT2D eigenvalue weighted by Crippen LogP contribution is 2.25. The monoisotopic (exact) mass is 440 g/mol. The van der Waals surface area contributed by atoms with Crippen molar-refractivity contribution in [1.29, 1.82) is 0 Å². The molecule has 0 saturated carbocycles. The minimum atomic E-state index is -0.792. The molecule has 2 N–H and O–H groups in total. The van der Waals surface area contributed by atoms with Gasteiger partial charge in [-0.2, -0.15) is 4.98 Å². The van der Waals surface area contributed by atoms with E-state index in [1.54, 1.807) is 25.1 Å². The summed E-state index contributed by atoms with van der Waals surface area (Å²) in [6.07, 6.45) is 2.33. The van der Waals surface area contributed by atoms with Crippen molar-refractivity contribution in [3.05, 3.63) is 80.6 Å². The number of hydrogen-bond acceptors (Lipinski definition) is 4. The number of aryl methyl sites for hydroxylation is 1. The molecule has 3 aromatic rings. The normalized spacial score (nSPS) is 13.9. The summed E-state index contributed by atoms with van der Waals surface area (Å²) in [7, 11) is 0. The van der Waals surface area contributed by atoms with E-state index in [9.17, 15) is 18.8 Å². The van der Waals surface area contributed by atoms with E-state index in [1.165, 1.54) is 17.0 Å². The highest BCUT2D eigenvalue weighted by atomic mass is 35.5. The molecule has 0 spiro atoms. The van der Waals surface area contributed by atoms with E-state index in [0.717, 1.165) is 11.8 Å². The summed E-state index contributed by atoms with van der Waals surface area (Å²) in [4.78, 5) is 41.8. The molecule has 0 radical (unpaired) electrons. The van der Waals surface area contributed by atoms with Crippen LogP contribution in [0.25, 0.3) is 16.6 Å². The van der Waals surface area contributed by atoms with E-state index in [-0.39, 0.29) is 23.2 Å². The maximum Gasteiger partial charge on any atom is 0.280 e. The second-order valence-corrected chi connectivity index (χ2v) is 7.65. The minimum absolute atomic E-state index is 0.00283. The Morgan fingerprint density at radius 1 is 1.19 bits per heavy atom. The summed E-state index contributed by atoms with van der Waals surface area (Å²) in [6, 6.07) is 8.62. The van der Waals surface area contributed by atoms with Crippen molar-refractivity contribution in [3.8, 4) is 0 Å². The highest BCUT2D eigenvalue weighted by molar-refractivity contribution is 6.31. The van der Waals surface area contributed by atoms with Crippen LogP contribution in [0.1, 0.15) is 33.0 Å². The van der Waals surface area contributed by atoms with Crippen molar-refractivity contribution in [2.24, 2.45) is 5.73 Å². The fourth-order valence-electron chi connectivity index (χ4n) is 3.73. The number of carbonyl (C=O) groups excluding carboxylic acids is 2. The van der Waals surface area contributed by atoms with Crippen molar-refractivity contribution in [2.45, 2.75) is 13.3 Å². The number of benzene rings is 2. The standard InChI is InChI=1S/C22H18ClFN4O3/c1-12-26-21(30)17-11-14(23)3-5-19(17)28(12)15-6-8-27(9-7-15)22(31)16-4-2-13(20(25)29)10-18(16)24/h2-6,10-11H,7-9H2,1H3,(H2,25,29). The van der Waals surface area contributed by atoms with Gasteiger partial charge in [0.05, 0.1) is 16.5 Å². The summed E-state index contributed by atoms with van der Waals surface area (Å²) < 4.78 is 16.2. The number of nitrogens with two attached hydrogens (primary N) is 1. The van der Waals surface area contributed by atoms with Gasteiger partial charge in [0.2, 0.25) is 5.91 Å². The SMILES string of the molecule is Cc1nc(=O)c2cc(Cl)ccc2n1C1=CCN(C(=O)c2ccc(C(N)=O)cc2F)CC1. The Balaban J connectivity index is 1.64. The Morgan fingerprint density at radius 2 is 1.97 bits per heavy atom. The van der Waals surface area contributed by atoms with Gasteiger partial charge < -0.3 is 15.2 Å². The summed E-state index contributed by atoms with van der Waals surface area (Å²) in [5.41, 5.74) is 6.24. The lowest BCUT2D eigenvalue weighted by atomic mass is 10.1. The van der Waals surface area contributed by atoms with Crippen LogP contribution in [0.2, 0.25) is 5.02 Å². The molecule has 0 bridgehead atoms. The molecule has 1 aliphatic heterocycles. The number of amides is 2. The number of halogens is 2. The highest BCUT2D eigenvalue weighted by Gasteiger charge is 2.23. The van der Waals surface area contributed by atoms with Gasteiger partial charge in [-0.1, -0.05) is 11.6 Å². The molecule has 9 heteroatoms. The third-order valence-corrected chi connectivity index (χ3v) is 5.50. The Hall–Kier alpha value is -3.52. The molecule has 0 unspecified atom stereocenters. The number of carbonyl (C=O) groups is 2. The van der Waals surface area contributed by atoms with Gasteiger partial charge in [0.25, 0.3) is 11.5 Å². The van der Waals surface area contributed by atoms with Gasteiger partial charge in [-0.3, -0.25) is 14.4 Å². The van der Waals surface area contributed by atoms with Crippen LogP contribution in [0.4, 0.5) is 4.39 Å². The number of primary amides is 1. The van der Waals surface area contributed by atoms with Crippen LogP contribution in [0, 0.1) is 12.7 Å². The van der Waals surface area contributed by atoms with E-state index in [1.807, 2.05) is 10.6 Å². The number of nitrogens with zero attached hydrogens (tertiary/aromatic N) is 3. The van der Waals surface area contributed by atoms with E-state index in [2.05, 4.69) is 4.98 Å².